The van der Waals surface area contributed by atoms with Gasteiger partial charge in [0, 0.05) is 24.9 Å². The van der Waals surface area contributed by atoms with Crippen LogP contribution in [0.4, 0.5) is 11.5 Å². The molecule has 1 aliphatic rings. The van der Waals surface area contributed by atoms with Crippen molar-refractivity contribution in [3.8, 4) is 0 Å². The molecule has 0 bridgehead atoms. The maximum Gasteiger partial charge on any atom is 0.350 e. The second-order valence-corrected chi connectivity index (χ2v) is 17.5. The molecule has 1 fully saturated rings. The third kappa shape index (κ3) is 9.21. The van der Waals surface area contributed by atoms with Gasteiger partial charge >= 0.3 is 5.97 Å². The lowest BCUT2D eigenvalue weighted by Crippen LogP contribution is -2.61. The van der Waals surface area contributed by atoms with Gasteiger partial charge in [-0.1, -0.05) is 25.9 Å². The number of hydrogen-bond donors (Lipinski definition) is 2. The van der Waals surface area contributed by atoms with Gasteiger partial charge in [0.05, 0.1) is 32.0 Å². The summed E-state index contributed by atoms with van der Waals surface area (Å²) in [6, 6.07) is 0. The maximum absolute atomic E-state index is 13.3. The van der Waals surface area contributed by atoms with Crippen molar-refractivity contribution in [3.63, 3.8) is 0 Å². The molecule has 2 aromatic heterocycles. The van der Waals surface area contributed by atoms with Gasteiger partial charge in [0.1, 0.15) is 11.1 Å². The lowest BCUT2D eigenvalue weighted by atomic mass is 10.0. The fraction of sp³-hybridized carbons (Fsp3) is 0.593. The van der Waals surface area contributed by atoms with E-state index in [0.717, 1.165) is 24.0 Å². The molecule has 228 valence electrons. The van der Waals surface area contributed by atoms with Crippen molar-refractivity contribution < 1.29 is 42.5 Å². The van der Waals surface area contributed by atoms with Gasteiger partial charge in [-0.15, -0.1) is 11.3 Å². The summed E-state index contributed by atoms with van der Waals surface area (Å²) in [5.74, 6) is -0.607. The predicted octanol–water partition coefficient (Wildman–Crippen LogP) is 3.08. The Balaban J connectivity index is 0.00000187. The molecule has 14 heteroatoms. The van der Waals surface area contributed by atoms with Crippen LogP contribution in [0.3, 0.4) is 0 Å². The summed E-state index contributed by atoms with van der Waals surface area (Å²) in [7, 11) is -0.636. The molecule has 0 spiro atoms. The summed E-state index contributed by atoms with van der Waals surface area (Å²) in [6.45, 7) is 15.7. The Labute approximate surface area is 246 Å². The second kappa shape index (κ2) is 14.2. The quantitative estimate of drug-likeness (QED) is 0.188. The minimum Gasteiger partial charge on any atom is -0.554 e. The minimum absolute atomic E-state index is 0.0912. The van der Waals surface area contributed by atoms with Crippen LogP contribution in [0.25, 0.3) is 0 Å². The first-order valence-electron chi connectivity index (χ1n) is 13.3. The van der Waals surface area contributed by atoms with E-state index in [1.165, 1.54) is 24.7 Å². The Morgan fingerprint density at radius 3 is 2.20 bits per heavy atom. The van der Waals surface area contributed by atoms with Gasteiger partial charge in [-0.05, 0) is 42.9 Å². The molecule has 0 atom stereocenters. The first kappa shape index (κ1) is 34.1. The molecule has 0 aliphatic carbocycles. The van der Waals surface area contributed by atoms with E-state index in [2.05, 4.69) is 49.7 Å². The largest absolute Gasteiger partial charge is 0.554 e. The van der Waals surface area contributed by atoms with Gasteiger partial charge in [-0.2, -0.15) is 0 Å². The molecule has 1 saturated heterocycles. The van der Waals surface area contributed by atoms with Crippen LogP contribution in [0.2, 0.25) is 18.1 Å². The zero-order chi connectivity index (χ0) is 31.0. The van der Waals surface area contributed by atoms with E-state index in [9.17, 15) is 14.4 Å². The molecule has 0 saturated carbocycles. The number of ether oxygens (including phenoxy) is 1. The Bertz CT molecular complexity index is 1210. The van der Waals surface area contributed by atoms with Crippen molar-refractivity contribution in [2.75, 3.05) is 43.9 Å². The fourth-order valence-electron chi connectivity index (χ4n) is 4.38. The number of rotatable bonds is 9. The van der Waals surface area contributed by atoms with Crippen molar-refractivity contribution >= 4 is 55.4 Å². The van der Waals surface area contributed by atoms with Gasteiger partial charge < -0.3 is 38.7 Å². The van der Waals surface area contributed by atoms with Crippen LogP contribution in [0.5, 0.6) is 0 Å². The number of amides is 2. The third-order valence-electron chi connectivity index (χ3n) is 7.69. The van der Waals surface area contributed by atoms with Gasteiger partial charge in [0.25, 0.3) is 11.8 Å². The van der Waals surface area contributed by atoms with Crippen molar-refractivity contribution in [3.05, 3.63) is 27.6 Å². The van der Waals surface area contributed by atoms with Crippen LogP contribution in [0.1, 0.15) is 54.4 Å². The highest BCUT2D eigenvalue weighted by Gasteiger charge is 2.43. The van der Waals surface area contributed by atoms with Crippen LogP contribution in [0, 0.1) is 13.8 Å². The zero-order valence-electron chi connectivity index (χ0n) is 25.1. The number of carbonyl (C=O) groups excluding carboxylic acids is 4. The number of nitrogens with one attached hydrogen (secondary N) is 2. The third-order valence-corrected chi connectivity index (χ3v) is 13.3. The molecule has 2 N–H and O–H groups in total. The van der Waals surface area contributed by atoms with E-state index in [0.29, 0.717) is 29.5 Å². The number of thiophene rings is 1. The molecule has 2 aromatic rings. The number of likely N-dealkylation sites (tertiary alicyclic amines) is 1. The Morgan fingerprint density at radius 1 is 1.15 bits per heavy atom. The summed E-state index contributed by atoms with van der Waals surface area (Å²) in [5, 5.41) is 19.7. The Morgan fingerprint density at radius 2 is 1.71 bits per heavy atom. The minimum atomic E-state index is -1.95. The van der Waals surface area contributed by atoms with E-state index >= 15 is 0 Å². The number of esters is 1. The number of hydrogen-bond acceptors (Lipinski definition) is 10. The van der Waals surface area contributed by atoms with Crippen molar-refractivity contribution in [1.82, 2.24) is 5.16 Å². The summed E-state index contributed by atoms with van der Waals surface area (Å²) in [5.41, 5.74) is 1.98. The highest BCUT2D eigenvalue weighted by molar-refractivity contribution is 7.12. The maximum atomic E-state index is 13.3. The Kier molecular flexibility index (Phi) is 11.8. The van der Waals surface area contributed by atoms with E-state index in [4.69, 9.17) is 23.6 Å². The molecule has 2 amide bonds. The van der Waals surface area contributed by atoms with E-state index in [-0.39, 0.29) is 40.5 Å². The number of carbonyl (C=O) groups is 4. The van der Waals surface area contributed by atoms with Crippen molar-refractivity contribution in [2.45, 2.75) is 71.7 Å². The molecule has 1 aliphatic heterocycles. The summed E-state index contributed by atoms with van der Waals surface area (Å²) < 4.78 is 16.7. The molecule has 41 heavy (non-hydrogen) atoms. The second-order valence-electron chi connectivity index (χ2n) is 11.8. The zero-order valence-corrected chi connectivity index (χ0v) is 26.9. The van der Waals surface area contributed by atoms with E-state index in [1.807, 2.05) is 12.3 Å². The SMILES string of the molecule is COC(=O)c1scc(C)c1NC(=O)C[N+]1(CC(=O)Nc2nocc2C)CCC(O[Si](C)(C)C(C)(C)C)CC1.O=C[O-]. The number of aryl methyl sites for hydroxylation is 2. The average Bonchev–Trinajstić information content (AvgIpc) is 3.44. The standard InChI is InChI=1S/C26H40N4O6SSi.CH2O2/c1-17-15-35-29-24(17)28-21(32)14-30(11-9-19(10-12-30)36-38(7,8)26(3,4)5)13-20(31)27-22-18(2)16-37-23(22)25(33)34-6;2-1-3/h15-16,19H,9-14H2,1-8H3,(H-,27,28,29,31,32,33);1H,(H,2,3). The van der Waals surface area contributed by atoms with Crippen molar-refractivity contribution in [2.24, 2.45) is 0 Å². The monoisotopic (exact) mass is 610 g/mol. The normalized spacial score (nSPS) is 19.0. The molecule has 12 nitrogen and oxygen atoms in total. The van der Waals surface area contributed by atoms with Crippen LogP contribution < -0.4 is 15.7 Å². The molecule has 3 rings (SSSR count). The summed E-state index contributed by atoms with van der Waals surface area (Å²) in [6.07, 6.45) is 3.07. The van der Waals surface area contributed by atoms with Gasteiger partial charge in [0.2, 0.25) is 0 Å². The highest BCUT2D eigenvalue weighted by Crippen LogP contribution is 2.39. The molecule has 0 radical (unpaired) electrons. The van der Waals surface area contributed by atoms with Crippen LogP contribution in [0.15, 0.2) is 16.2 Å². The predicted molar refractivity (Wildman–Crippen MR) is 156 cm³/mol. The average molecular weight is 611 g/mol. The number of quaternary nitrogens is 1. The van der Waals surface area contributed by atoms with Crippen LogP contribution in [-0.2, 0) is 23.5 Å². The molecule has 0 aromatic carbocycles. The van der Waals surface area contributed by atoms with E-state index in [1.54, 1.807) is 6.92 Å². The van der Waals surface area contributed by atoms with Gasteiger partial charge in [-0.3, -0.25) is 9.59 Å². The van der Waals surface area contributed by atoms with Gasteiger partial charge in [0.15, 0.2) is 27.2 Å². The number of piperidine rings is 1. The lowest BCUT2D eigenvalue weighted by Gasteiger charge is -2.45. The molecule has 0 unspecified atom stereocenters. The Hall–Kier alpha value is -3.07. The summed E-state index contributed by atoms with van der Waals surface area (Å²) >= 11 is 1.23. The molecular formula is C27H42N4O8SSi. The van der Waals surface area contributed by atoms with Crippen LogP contribution >= 0.6 is 11.3 Å². The first-order valence-corrected chi connectivity index (χ1v) is 17.1. The number of carboxylic acid groups (broad SMARTS) is 1. The molecular weight excluding hydrogens is 568 g/mol. The van der Waals surface area contributed by atoms with Crippen LogP contribution in [-0.4, -0.2) is 81.6 Å². The number of methoxy groups -OCH3 is 1. The first-order chi connectivity index (χ1) is 19.1. The number of nitrogens with zero attached hydrogens (tertiary/aromatic N) is 2. The van der Waals surface area contributed by atoms with E-state index < -0.39 is 20.8 Å². The topological polar surface area (TPSA) is 160 Å². The number of aromatic nitrogens is 1. The number of anilines is 2. The summed E-state index contributed by atoms with van der Waals surface area (Å²) in [4.78, 5) is 47.2. The smallest absolute Gasteiger partial charge is 0.350 e. The van der Waals surface area contributed by atoms with Crippen molar-refractivity contribution in [1.29, 1.82) is 0 Å². The fourth-order valence-corrected chi connectivity index (χ4v) is 6.73. The molecule has 3 heterocycles. The lowest BCUT2D eigenvalue weighted by molar-refractivity contribution is -0.918. The van der Waals surface area contributed by atoms with Gasteiger partial charge in [-0.25, -0.2) is 4.79 Å². The highest BCUT2D eigenvalue weighted by atomic mass is 32.1.